The molecule has 4 heteroatoms. The predicted molar refractivity (Wildman–Crippen MR) is 65.9 cm³/mol. The van der Waals surface area contributed by atoms with Crippen LogP contribution in [-0.4, -0.2) is 30.2 Å². The second-order valence-corrected chi connectivity index (χ2v) is 4.61. The average molecular weight is 230 g/mol. The minimum Gasteiger partial charge on any atom is -0.396 e. The highest BCUT2D eigenvalue weighted by molar-refractivity contribution is 5.83. The molecule has 0 aromatic heterocycles. The molecule has 1 amide bonds. The van der Waals surface area contributed by atoms with E-state index in [1.165, 1.54) is 0 Å². The fourth-order valence-corrected chi connectivity index (χ4v) is 1.61. The van der Waals surface area contributed by atoms with Gasteiger partial charge in [-0.25, -0.2) is 0 Å². The van der Waals surface area contributed by atoms with Crippen LogP contribution in [0.15, 0.2) is 0 Å². The summed E-state index contributed by atoms with van der Waals surface area (Å²) in [6, 6.07) is -0.0264. The van der Waals surface area contributed by atoms with Crippen molar-refractivity contribution < 1.29 is 9.90 Å². The summed E-state index contributed by atoms with van der Waals surface area (Å²) in [5.41, 5.74) is 5.25. The van der Waals surface area contributed by atoms with Crippen molar-refractivity contribution in [1.29, 1.82) is 0 Å². The van der Waals surface area contributed by atoms with Gasteiger partial charge in [0.05, 0.1) is 5.41 Å². The lowest BCUT2D eigenvalue weighted by Crippen LogP contribution is -2.49. The Morgan fingerprint density at radius 2 is 1.88 bits per heavy atom. The Balaban J connectivity index is 4.54. The molecule has 96 valence electrons. The molecule has 0 radical (unpaired) electrons. The number of amides is 1. The molecular formula is C12H26N2O2. The van der Waals surface area contributed by atoms with Gasteiger partial charge in [0, 0.05) is 19.2 Å². The van der Waals surface area contributed by atoms with Gasteiger partial charge in [-0.2, -0.15) is 0 Å². The highest BCUT2D eigenvalue weighted by Crippen LogP contribution is 2.25. The summed E-state index contributed by atoms with van der Waals surface area (Å²) in [7, 11) is 0. The Hall–Kier alpha value is -0.610. The van der Waals surface area contributed by atoms with Crippen molar-refractivity contribution in [2.75, 3.05) is 13.2 Å². The van der Waals surface area contributed by atoms with Crippen LogP contribution < -0.4 is 11.1 Å². The number of aliphatic hydroxyl groups is 1. The monoisotopic (exact) mass is 230 g/mol. The van der Waals surface area contributed by atoms with E-state index in [-0.39, 0.29) is 24.5 Å². The lowest BCUT2D eigenvalue weighted by Gasteiger charge is -2.31. The van der Waals surface area contributed by atoms with Crippen molar-refractivity contribution in [3.8, 4) is 0 Å². The number of hydrogen-bond donors (Lipinski definition) is 3. The van der Waals surface area contributed by atoms with E-state index in [4.69, 9.17) is 10.8 Å². The number of carbonyl (C=O) groups is 1. The van der Waals surface area contributed by atoms with Crippen LogP contribution in [-0.2, 0) is 4.79 Å². The van der Waals surface area contributed by atoms with Gasteiger partial charge in [0.15, 0.2) is 0 Å². The first-order chi connectivity index (χ1) is 7.47. The molecule has 4 nitrogen and oxygen atoms in total. The first-order valence-electron chi connectivity index (χ1n) is 6.09. The van der Waals surface area contributed by atoms with Gasteiger partial charge in [-0.05, 0) is 25.7 Å². The average Bonchev–Trinajstić information content (AvgIpc) is 2.30. The molecule has 2 atom stereocenters. The fraction of sp³-hybridized carbons (Fsp3) is 0.917. The normalized spacial score (nSPS) is 15.6. The van der Waals surface area contributed by atoms with E-state index in [9.17, 15) is 4.79 Å². The van der Waals surface area contributed by atoms with Crippen LogP contribution in [0.3, 0.4) is 0 Å². The first kappa shape index (κ1) is 15.4. The smallest absolute Gasteiger partial charge is 0.227 e. The molecule has 0 aliphatic heterocycles. The molecule has 0 aromatic carbocycles. The zero-order valence-corrected chi connectivity index (χ0v) is 10.9. The van der Waals surface area contributed by atoms with Crippen molar-refractivity contribution in [3.63, 3.8) is 0 Å². The maximum atomic E-state index is 12.1. The molecule has 0 spiro atoms. The second kappa shape index (κ2) is 6.86. The zero-order valence-electron chi connectivity index (χ0n) is 10.9. The van der Waals surface area contributed by atoms with E-state index in [0.717, 1.165) is 12.8 Å². The predicted octanol–water partition coefficient (Wildman–Crippen LogP) is 0.885. The molecule has 16 heavy (non-hydrogen) atoms. The maximum absolute atomic E-state index is 12.1. The Morgan fingerprint density at radius 1 is 1.38 bits per heavy atom. The summed E-state index contributed by atoms with van der Waals surface area (Å²) in [6.07, 6.45) is 1.48. The van der Waals surface area contributed by atoms with Crippen molar-refractivity contribution in [3.05, 3.63) is 0 Å². The molecule has 0 saturated carbocycles. The standard InChI is InChI=1S/C12H26N2O2/c1-5-12(6-2,8-13)11(16)14-10(4)9(3)7-15/h9-10,15H,5-8,13H2,1-4H3,(H,14,16). The molecule has 2 unspecified atom stereocenters. The molecule has 4 N–H and O–H groups in total. The van der Waals surface area contributed by atoms with Crippen molar-refractivity contribution in [2.24, 2.45) is 17.1 Å². The van der Waals surface area contributed by atoms with Crippen LogP contribution in [0, 0.1) is 11.3 Å². The summed E-state index contributed by atoms with van der Waals surface area (Å²) in [4.78, 5) is 12.1. The van der Waals surface area contributed by atoms with Gasteiger partial charge in [-0.15, -0.1) is 0 Å². The molecule has 0 rings (SSSR count). The summed E-state index contributed by atoms with van der Waals surface area (Å²) in [6.45, 7) is 8.23. The molecule has 0 saturated heterocycles. The van der Waals surface area contributed by atoms with Crippen LogP contribution in [0.4, 0.5) is 0 Å². The fourth-order valence-electron chi connectivity index (χ4n) is 1.61. The summed E-state index contributed by atoms with van der Waals surface area (Å²) in [5, 5.41) is 12.0. The lowest BCUT2D eigenvalue weighted by atomic mass is 9.81. The summed E-state index contributed by atoms with van der Waals surface area (Å²) < 4.78 is 0. The van der Waals surface area contributed by atoms with Gasteiger partial charge < -0.3 is 16.2 Å². The van der Waals surface area contributed by atoms with Gasteiger partial charge >= 0.3 is 0 Å². The minimum absolute atomic E-state index is 0.00722. The van der Waals surface area contributed by atoms with Crippen molar-refractivity contribution in [2.45, 2.75) is 46.6 Å². The Labute approximate surface area is 98.6 Å². The van der Waals surface area contributed by atoms with Gasteiger partial charge in [0.1, 0.15) is 0 Å². The zero-order chi connectivity index (χ0) is 12.8. The van der Waals surface area contributed by atoms with E-state index in [2.05, 4.69) is 5.32 Å². The largest absolute Gasteiger partial charge is 0.396 e. The van der Waals surface area contributed by atoms with Gasteiger partial charge in [0.2, 0.25) is 5.91 Å². The lowest BCUT2D eigenvalue weighted by molar-refractivity contribution is -0.132. The van der Waals surface area contributed by atoms with E-state index in [1.807, 2.05) is 27.7 Å². The number of nitrogens with two attached hydrogens (primary N) is 1. The van der Waals surface area contributed by atoms with Gasteiger partial charge in [-0.1, -0.05) is 20.8 Å². The Morgan fingerprint density at radius 3 is 2.19 bits per heavy atom. The van der Waals surface area contributed by atoms with Crippen LogP contribution in [0.1, 0.15) is 40.5 Å². The third kappa shape index (κ3) is 3.46. The van der Waals surface area contributed by atoms with Gasteiger partial charge in [-0.3, -0.25) is 4.79 Å². The SMILES string of the molecule is CCC(CC)(CN)C(=O)NC(C)C(C)CO. The quantitative estimate of drug-likeness (QED) is 0.608. The topological polar surface area (TPSA) is 75.4 Å². The number of aliphatic hydroxyl groups excluding tert-OH is 1. The second-order valence-electron chi connectivity index (χ2n) is 4.61. The van der Waals surface area contributed by atoms with Crippen LogP contribution in [0.5, 0.6) is 0 Å². The third-order valence-corrected chi connectivity index (χ3v) is 3.73. The highest BCUT2D eigenvalue weighted by Gasteiger charge is 2.34. The number of carbonyl (C=O) groups excluding carboxylic acids is 1. The number of rotatable bonds is 7. The minimum atomic E-state index is -0.455. The molecule has 0 bridgehead atoms. The molecular weight excluding hydrogens is 204 g/mol. The van der Waals surface area contributed by atoms with Crippen LogP contribution >= 0.6 is 0 Å². The summed E-state index contributed by atoms with van der Waals surface area (Å²) >= 11 is 0. The van der Waals surface area contributed by atoms with Crippen molar-refractivity contribution in [1.82, 2.24) is 5.32 Å². The van der Waals surface area contributed by atoms with E-state index >= 15 is 0 Å². The van der Waals surface area contributed by atoms with Crippen molar-refractivity contribution >= 4 is 5.91 Å². The molecule has 0 aliphatic carbocycles. The summed E-state index contributed by atoms with van der Waals surface area (Å²) in [5.74, 6) is 0.0703. The maximum Gasteiger partial charge on any atom is 0.227 e. The van der Waals surface area contributed by atoms with Crippen LogP contribution in [0.2, 0.25) is 0 Å². The molecule has 0 aliphatic rings. The molecule has 0 heterocycles. The highest BCUT2D eigenvalue weighted by atomic mass is 16.3. The first-order valence-corrected chi connectivity index (χ1v) is 6.09. The van der Waals surface area contributed by atoms with E-state index in [1.54, 1.807) is 0 Å². The Kier molecular flexibility index (Phi) is 6.60. The number of hydrogen-bond acceptors (Lipinski definition) is 3. The van der Waals surface area contributed by atoms with Gasteiger partial charge in [0.25, 0.3) is 0 Å². The van der Waals surface area contributed by atoms with E-state index in [0.29, 0.717) is 6.54 Å². The molecule has 0 aromatic rings. The number of nitrogens with one attached hydrogen (secondary N) is 1. The third-order valence-electron chi connectivity index (χ3n) is 3.73. The van der Waals surface area contributed by atoms with E-state index < -0.39 is 5.41 Å². The van der Waals surface area contributed by atoms with Crippen LogP contribution in [0.25, 0.3) is 0 Å². The molecule has 0 fully saturated rings. The Bertz CT molecular complexity index is 207.